The highest BCUT2D eigenvalue weighted by molar-refractivity contribution is 8.13. The molecule has 0 fully saturated rings. The van der Waals surface area contributed by atoms with Crippen LogP contribution in [-0.2, 0) is 42.9 Å². The summed E-state index contributed by atoms with van der Waals surface area (Å²) in [4.78, 5) is 108. The van der Waals surface area contributed by atoms with Crippen molar-refractivity contribution in [2.45, 2.75) is 27.7 Å². The van der Waals surface area contributed by atoms with E-state index in [0.29, 0.717) is 0 Å². The predicted octanol–water partition coefficient (Wildman–Crippen LogP) is 3.06. The Morgan fingerprint density at radius 2 is 0.514 bits per heavy atom. The Kier molecular flexibility index (Phi) is 122. The van der Waals surface area contributed by atoms with E-state index in [4.69, 9.17) is 0 Å². The number of urea groups is 2. The molecule has 70 heavy (non-hydrogen) atoms. The number of alkyl carbamates (subject to hydrolysis) is 2. The number of hydrogen-bond donors (Lipinski definition) is 6. The lowest BCUT2D eigenvalue weighted by atomic mass is 10.7. The molecular formula is C41H99N11O15S3. The van der Waals surface area contributed by atoms with E-state index in [1.54, 1.807) is 123 Å². The second kappa shape index (κ2) is 87.0. The van der Waals surface area contributed by atoms with Gasteiger partial charge in [-0.1, -0.05) is 23.5 Å². The number of ether oxygens (including phenoxy) is 5. The molecule has 0 saturated heterocycles. The van der Waals surface area contributed by atoms with Crippen molar-refractivity contribution in [1.82, 2.24) is 56.4 Å². The SMILES string of the molecule is CC(=O)N(C)C.CC(=O)N(C)C.CN(C)C.CNC(=O)N(C)C.CNC(=O)N(C)C.CNC(=O)OC.CNC(=O)OC.CNC(=O)SC.CNC(=O)SC.COC.COC(C)=O.COC(C)=O.CSC. The van der Waals surface area contributed by atoms with E-state index in [9.17, 15) is 47.9 Å². The van der Waals surface area contributed by atoms with Crippen LogP contribution in [0.25, 0.3) is 0 Å². The maximum atomic E-state index is 10.3. The molecule has 0 aliphatic rings. The molecular weight excluding hydrogens is 983 g/mol. The quantitative estimate of drug-likeness (QED) is 0.150. The third-order valence-corrected chi connectivity index (χ3v) is 5.78. The normalized spacial score (nSPS) is 7.43. The number of carbonyl (C=O) groups excluding carboxylic acids is 10. The van der Waals surface area contributed by atoms with Crippen molar-refractivity contribution < 1.29 is 71.6 Å². The zero-order valence-corrected chi connectivity index (χ0v) is 51.0. The first-order valence-electron chi connectivity index (χ1n) is 19.7. The summed E-state index contributed by atoms with van der Waals surface area (Å²) >= 11 is 4.10. The Labute approximate surface area is 435 Å². The van der Waals surface area contributed by atoms with Crippen LogP contribution >= 0.6 is 35.3 Å². The molecule has 0 aliphatic carbocycles. The second-order valence-electron chi connectivity index (χ2n) is 12.2. The molecule has 0 aromatic carbocycles. The number of nitrogens with one attached hydrogen (secondary N) is 6. The van der Waals surface area contributed by atoms with Gasteiger partial charge in [-0.2, -0.15) is 11.8 Å². The molecule has 0 rings (SSSR count). The van der Waals surface area contributed by atoms with Gasteiger partial charge in [-0.3, -0.25) is 28.8 Å². The average Bonchev–Trinajstić information content (AvgIpc) is 3.31. The molecule has 26 nitrogen and oxygen atoms in total. The van der Waals surface area contributed by atoms with Crippen LogP contribution in [0.5, 0.6) is 0 Å². The second-order valence-corrected chi connectivity index (χ2v) is 14.6. The van der Waals surface area contributed by atoms with Gasteiger partial charge in [0.15, 0.2) is 0 Å². The first kappa shape index (κ1) is 98.4. The number of nitrogens with zero attached hydrogens (tertiary/aromatic N) is 5. The highest BCUT2D eigenvalue weighted by Crippen LogP contribution is 1.89. The Balaban J connectivity index is -0.0000000460. The van der Waals surface area contributed by atoms with Gasteiger partial charge >= 0.3 is 36.2 Å². The Morgan fingerprint density at radius 1 is 0.357 bits per heavy atom. The van der Waals surface area contributed by atoms with Gasteiger partial charge in [-0.15, -0.1) is 0 Å². The van der Waals surface area contributed by atoms with Gasteiger partial charge in [0.1, 0.15) is 0 Å². The highest BCUT2D eigenvalue weighted by Gasteiger charge is 1.95. The number of thioether (sulfide) groups is 3. The first-order chi connectivity index (χ1) is 32.0. The minimum absolute atomic E-state index is 0.00926. The van der Waals surface area contributed by atoms with Crippen molar-refractivity contribution in [3.05, 3.63) is 0 Å². The van der Waals surface area contributed by atoms with E-state index in [1.165, 1.54) is 113 Å². The molecule has 0 saturated carbocycles. The average molecular weight is 1080 g/mol. The van der Waals surface area contributed by atoms with Gasteiger partial charge in [-0.05, 0) is 46.2 Å². The summed E-state index contributed by atoms with van der Waals surface area (Å²) < 4.78 is 20.8. The van der Waals surface area contributed by atoms with E-state index < -0.39 is 12.2 Å². The van der Waals surface area contributed by atoms with Crippen molar-refractivity contribution in [2.24, 2.45) is 0 Å². The van der Waals surface area contributed by atoms with Crippen LogP contribution in [0.2, 0.25) is 0 Å². The highest BCUT2D eigenvalue weighted by atomic mass is 32.2. The monoisotopic (exact) mass is 1080 g/mol. The van der Waals surface area contributed by atoms with E-state index in [-0.39, 0.29) is 46.3 Å². The molecule has 0 heterocycles. The fourth-order valence-electron chi connectivity index (χ4n) is 0.855. The molecule has 29 heteroatoms. The van der Waals surface area contributed by atoms with Crippen LogP contribution < -0.4 is 31.9 Å². The summed E-state index contributed by atoms with van der Waals surface area (Å²) in [7, 11) is 37.7. The summed E-state index contributed by atoms with van der Waals surface area (Å²) in [5.41, 5.74) is 0. The standard InChI is InChI=1S/2C4H10N2O.2C4H9NO.2C3H7NO2.2C3H7NOS.C3H9N.2C3H6O2.C2H6O.C2H6S/c2*1-5-4(7)6(2)3;2*1-4(6)5(2)3;4*1-4-3(5)6-2;1-4(2)3;2*1-3(4)5-2;2*1-3-2/h2*1-3H3,(H,5,7);2*1-3H3;4*1-2H3,(H,4,5);1-3H3;2*1-2H3;2*1-2H3. The summed E-state index contributed by atoms with van der Waals surface area (Å²) in [6.07, 6.45) is 6.74. The molecule has 0 atom stereocenters. The van der Waals surface area contributed by atoms with Crippen LogP contribution in [0, 0.1) is 0 Å². The van der Waals surface area contributed by atoms with Crippen LogP contribution in [0.4, 0.5) is 28.8 Å². The fraction of sp³-hybridized carbons (Fsp3) is 0.756. The van der Waals surface area contributed by atoms with Crippen LogP contribution in [0.1, 0.15) is 27.7 Å². The molecule has 0 aromatic rings. The van der Waals surface area contributed by atoms with Gasteiger partial charge in [0.05, 0.1) is 28.4 Å². The van der Waals surface area contributed by atoms with Crippen molar-refractivity contribution in [3.63, 3.8) is 0 Å². The zero-order valence-electron chi connectivity index (χ0n) is 48.6. The number of carbonyl (C=O) groups is 10. The van der Waals surface area contributed by atoms with Gasteiger partial charge in [0.25, 0.3) is 10.5 Å². The van der Waals surface area contributed by atoms with Gasteiger partial charge in [-0.25, -0.2) is 19.2 Å². The minimum atomic E-state index is -0.407. The van der Waals surface area contributed by atoms with Gasteiger partial charge in [0, 0.05) is 141 Å². The lowest BCUT2D eigenvalue weighted by Crippen LogP contribution is -2.31. The summed E-state index contributed by atoms with van der Waals surface area (Å²) in [5.74, 6) is -0.306. The summed E-state index contributed by atoms with van der Waals surface area (Å²) in [6, 6.07) is -0.139. The summed E-state index contributed by atoms with van der Waals surface area (Å²) in [6.45, 7) is 5.78. The van der Waals surface area contributed by atoms with Crippen LogP contribution in [-0.4, -0.2) is 270 Å². The van der Waals surface area contributed by atoms with Crippen molar-refractivity contribution in [2.75, 3.05) is 187 Å². The lowest BCUT2D eigenvalue weighted by molar-refractivity contribution is -0.138. The summed E-state index contributed by atoms with van der Waals surface area (Å²) in [5, 5.41) is 14.3. The molecule has 0 bridgehead atoms. The predicted molar refractivity (Wildman–Crippen MR) is 291 cm³/mol. The van der Waals surface area contributed by atoms with E-state index in [1.807, 2.05) is 38.6 Å². The van der Waals surface area contributed by atoms with Crippen molar-refractivity contribution in [1.29, 1.82) is 0 Å². The van der Waals surface area contributed by atoms with E-state index in [2.05, 4.69) is 55.6 Å². The number of methoxy groups -OCH3 is 5. The molecule has 10 amide bonds. The van der Waals surface area contributed by atoms with Gasteiger partial charge in [0.2, 0.25) is 11.8 Å². The number of hydrogen-bond acceptors (Lipinski definition) is 19. The molecule has 6 N–H and O–H groups in total. The maximum Gasteiger partial charge on any atom is 0.406 e. The smallest absolute Gasteiger partial charge is 0.406 e. The fourth-order valence-corrected chi connectivity index (χ4v) is 1.26. The van der Waals surface area contributed by atoms with Crippen LogP contribution in [0.15, 0.2) is 0 Å². The van der Waals surface area contributed by atoms with E-state index >= 15 is 0 Å². The molecule has 426 valence electrons. The third-order valence-electron chi connectivity index (χ3n) is 4.63. The molecule has 0 spiro atoms. The van der Waals surface area contributed by atoms with E-state index in [0.717, 1.165) is 0 Å². The topological polar surface area (TPSA) is 305 Å². The zero-order chi connectivity index (χ0) is 59.6. The lowest BCUT2D eigenvalue weighted by Gasteiger charge is -2.06. The third kappa shape index (κ3) is 198. The number of rotatable bonds is 0. The van der Waals surface area contributed by atoms with Crippen molar-refractivity contribution in [3.8, 4) is 0 Å². The Bertz CT molecular complexity index is 1060. The molecule has 0 radical (unpaired) electrons. The van der Waals surface area contributed by atoms with Crippen molar-refractivity contribution >= 4 is 93.8 Å². The van der Waals surface area contributed by atoms with Crippen LogP contribution in [0.3, 0.4) is 0 Å². The van der Waals surface area contributed by atoms with Gasteiger partial charge < -0.3 is 80.1 Å². The Morgan fingerprint density at radius 3 is 0.514 bits per heavy atom. The minimum Gasteiger partial charge on any atom is -0.469 e. The molecule has 0 aliphatic heterocycles. The Hall–Kier alpha value is -5.13. The maximum absolute atomic E-state index is 10.3. The number of amides is 10. The largest absolute Gasteiger partial charge is 0.469 e. The molecule has 0 aromatic heterocycles. The number of esters is 2. The molecule has 0 unspecified atom stereocenters. The first-order valence-corrected chi connectivity index (χ1v) is 23.7.